The average Bonchev–Trinajstić information content (AvgIpc) is 2.95. The monoisotopic (exact) mass is 553 g/mol. The Morgan fingerprint density at radius 3 is 2.05 bits per heavy atom. The molecule has 218 valence electrons. The van der Waals surface area contributed by atoms with Crippen LogP contribution in [0, 0.1) is 11.8 Å². The number of carbonyl (C=O) groups excluding carboxylic acids is 3. The first kappa shape index (κ1) is 34.2. The zero-order valence-electron chi connectivity index (χ0n) is 24.0. The molecule has 9 heteroatoms. The third-order valence-corrected chi connectivity index (χ3v) is 5.43. The summed E-state index contributed by atoms with van der Waals surface area (Å²) in [7, 11) is 3.05. The molecule has 0 aliphatic rings. The van der Waals surface area contributed by atoms with Crippen LogP contribution in [0.1, 0.15) is 44.4 Å². The zero-order chi connectivity index (χ0) is 29.9. The molecule has 9 nitrogen and oxygen atoms in total. The number of hydroxylamine groups is 1. The highest BCUT2D eigenvalue weighted by atomic mass is 16.5. The molecule has 0 spiro atoms. The van der Waals surface area contributed by atoms with Crippen molar-refractivity contribution >= 4 is 28.5 Å². The normalized spacial score (nSPS) is 11.7. The lowest BCUT2D eigenvalue weighted by atomic mass is 9.93. The summed E-state index contributed by atoms with van der Waals surface area (Å²) in [6.07, 6.45) is -0.359. The molecule has 0 aliphatic heterocycles. The predicted molar refractivity (Wildman–Crippen MR) is 157 cm³/mol. The number of benzene rings is 3. The maximum atomic E-state index is 12.3. The van der Waals surface area contributed by atoms with Crippen molar-refractivity contribution in [3.05, 3.63) is 83.9 Å². The molecule has 0 heterocycles. The number of hydrogen-bond acceptors (Lipinski definition) is 6. The fourth-order valence-corrected chi connectivity index (χ4v) is 3.51. The van der Waals surface area contributed by atoms with Crippen molar-refractivity contribution in [2.24, 2.45) is 11.8 Å². The second kappa shape index (κ2) is 19.3. The number of nitrogens with one attached hydrogen (secondary N) is 3. The molecular formula is C31H43N3O6. The van der Waals surface area contributed by atoms with E-state index in [9.17, 15) is 19.5 Å². The Bertz CT molecular complexity index is 1170. The molecule has 0 aromatic heterocycles. The Balaban J connectivity index is 0.000000439. The zero-order valence-corrected chi connectivity index (χ0v) is 24.0. The summed E-state index contributed by atoms with van der Waals surface area (Å²) >= 11 is 0. The highest BCUT2D eigenvalue weighted by Crippen LogP contribution is 2.19. The second-order valence-electron chi connectivity index (χ2n) is 9.83. The number of aliphatic hydroxyl groups is 1. The summed E-state index contributed by atoms with van der Waals surface area (Å²) in [5.74, 6) is -1.26. The molecule has 0 fully saturated rings. The first-order chi connectivity index (χ1) is 19.1. The van der Waals surface area contributed by atoms with Gasteiger partial charge in [0.25, 0.3) is 0 Å². The SMILES string of the molecule is CC(C)C.CNC(=O)CNC(=O)C(CC(=O)NO)Cc1ccc2ccccc2c1.COCC(O)c1ccccc1. The number of ether oxygens (including phenoxy) is 1. The molecule has 3 amide bonds. The summed E-state index contributed by atoms with van der Waals surface area (Å²) in [5.41, 5.74) is 3.33. The summed E-state index contributed by atoms with van der Waals surface area (Å²) in [5, 5.41) is 25.2. The van der Waals surface area contributed by atoms with Gasteiger partial charge in [0.15, 0.2) is 0 Å². The Hall–Kier alpha value is -3.79. The molecule has 3 aromatic carbocycles. The van der Waals surface area contributed by atoms with Crippen molar-refractivity contribution in [3.8, 4) is 0 Å². The van der Waals surface area contributed by atoms with E-state index in [2.05, 4.69) is 31.4 Å². The third kappa shape index (κ3) is 13.8. The maximum Gasteiger partial charge on any atom is 0.244 e. The number of fused-ring (bicyclic) bond motifs is 1. The molecule has 0 radical (unpaired) electrons. The fraction of sp³-hybridized carbons (Fsp3) is 0.387. The van der Waals surface area contributed by atoms with E-state index in [1.165, 1.54) is 7.05 Å². The van der Waals surface area contributed by atoms with E-state index in [4.69, 9.17) is 9.94 Å². The van der Waals surface area contributed by atoms with E-state index in [0.29, 0.717) is 13.0 Å². The molecule has 0 aliphatic carbocycles. The van der Waals surface area contributed by atoms with Crippen molar-refractivity contribution in [1.82, 2.24) is 16.1 Å². The van der Waals surface area contributed by atoms with E-state index in [-0.39, 0.29) is 18.9 Å². The van der Waals surface area contributed by atoms with Crippen LogP contribution in [0.15, 0.2) is 72.8 Å². The highest BCUT2D eigenvalue weighted by molar-refractivity contribution is 5.89. The van der Waals surface area contributed by atoms with Crippen LogP contribution in [0.5, 0.6) is 0 Å². The molecule has 40 heavy (non-hydrogen) atoms. The van der Waals surface area contributed by atoms with Crippen LogP contribution in [0.25, 0.3) is 10.8 Å². The number of aliphatic hydroxyl groups excluding tert-OH is 1. The number of rotatable bonds is 10. The van der Waals surface area contributed by atoms with Crippen LogP contribution in [-0.2, 0) is 25.5 Å². The summed E-state index contributed by atoms with van der Waals surface area (Å²) in [6.45, 7) is 6.69. The van der Waals surface area contributed by atoms with Crippen LogP contribution in [-0.4, -0.2) is 55.3 Å². The van der Waals surface area contributed by atoms with Crippen molar-refractivity contribution in [2.75, 3.05) is 27.3 Å². The van der Waals surface area contributed by atoms with Gasteiger partial charge in [-0.3, -0.25) is 19.6 Å². The van der Waals surface area contributed by atoms with Crippen molar-refractivity contribution in [1.29, 1.82) is 0 Å². The summed E-state index contributed by atoms with van der Waals surface area (Å²) < 4.78 is 4.81. The summed E-state index contributed by atoms with van der Waals surface area (Å²) in [4.78, 5) is 35.1. The fourth-order valence-electron chi connectivity index (χ4n) is 3.51. The van der Waals surface area contributed by atoms with Gasteiger partial charge >= 0.3 is 0 Å². The van der Waals surface area contributed by atoms with Gasteiger partial charge in [-0.25, -0.2) is 5.48 Å². The highest BCUT2D eigenvalue weighted by Gasteiger charge is 2.23. The smallest absolute Gasteiger partial charge is 0.244 e. The van der Waals surface area contributed by atoms with Crippen LogP contribution >= 0.6 is 0 Å². The van der Waals surface area contributed by atoms with E-state index in [1.54, 1.807) is 12.6 Å². The van der Waals surface area contributed by atoms with Crippen LogP contribution < -0.4 is 16.1 Å². The number of hydrogen-bond donors (Lipinski definition) is 5. The molecule has 2 atom stereocenters. The van der Waals surface area contributed by atoms with Gasteiger partial charge in [-0.15, -0.1) is 0 Å². The van der Waals surface area contributed by atoms with Gasteiger partial charge in [0.2, 0.25) is 17.7 Å². The number of likely N-dealkylation sites (N-methyl/N-ethyl adjacent to an activating group) is 1. The van der Waals surface area contributed by atoms with E-state index in [1.807, 2.05) is 72.8 Å². The first-order valence-electron chi connectivity index (χ1n) is 13.2. The van der Waals surface area contributed by atoms with E-state index >= 15 is 0 Å². The van der Waals surface area contributed by atoms with Crippen molar-refractivity contribution < 1.29 is 29.4 Å². The van der Waals surface area contributed by atoms with Crippen molar-refractivity contribution in [3.63, 3.8) is 0 Å². The molecule has 5 N–H and O–H groups in total. The number of carbonyl (C=O) groups is 3. The molecule has 0 saturated heterocycles. The van der Waals surface area contributed by atoms with Crippen LogP contribution in [0.2, 0.25) is 0 Å². The van der Waals surface area contributed by atoms with E-state index < -0.39 is 23.8 Å². The average molecular weight is 554 g/mol. The minimum atomic E-state index is -0.696. The van der Waals surface area contributed by atoms with Crippen molar-refractivity contribution in [2.45, 2.75) is 39.7 Å². The Morgan fingerprint density at radius 2 is 1.48 bits per heavy atom. The maximum absolute atomic E-state index is 12.3. The van der Waals surface area contributed by atoms with Gasteiger partial charge in [-0.1, -0.05) is 93.6 Å². The molecule has 2 unspecified atom stereocenters. The largest absolute Gasteiger partial charge is 0.386 e. The second-order valence-corrected chi connectivity index (χ2v) is 9.83. The third-order valence-electron chi connectivity index (χ3n) is 5.43. The number of amides is 3. The minimum absolute atomic E-state index is 0.162. The molecule has 0 saturated carbocycles. The summed E-state index contributed by atoms with van der Waals surface area (Å²) in [6, 6.07) is 23.1. The predicted octanol–water partition coefficient (Wildman–Crippen LogP) is 3.78. The van der Waals surface area contributed by atoms with Gasteiger partial charge in [-0.2, -0.15) is 0 Å². The standard InChI is InChI=1S/C18H21N3O4.C9H12O2.C4H10/c1-19-17(23)11-20-18(24)15(10-16(22)21-25)9-12-6-7-13-4-2-3-5-14(13)8-12;1-11-7-9(10)8-5-3-2-4-6-8;1-4(2)3/h2-8,15,25H,9-11H2,1H3,(H,19,23)(H,20,24)(H,21,22);2-6,9-10H,7H2,1H3;4H,1-3H3. The Morgan fingerprint density at radius 1 is 0.875 bits per heavy atom. The lowest BCUT2D eigenvalue weighted by Crippen LogP contribution is -2.40. The van der Waals surface area contributed by atoms with Crippen LogP contribution in [0.4, 0.5) is 0 Å². The van der Waals surface area contributed by atoms with Gasteiger partial charge in [0, 0.05) is 20.6 Å². The Kier molecular flexibility index (Phi) is 16.5. The van der Waals surface area contributed by atoms with Crippen LogP contribution in [0.3, 0.4) is 0 Å². The van der Waals surface area contributed by atoms with Gasteiger partial charge in [-0.05, 0) is 34.2 Å². The molecule has 3 rings (SSSR count). The van der Waals surface area contributed by atoms with Gasteiger partial charge in [0.1, 0.15) is 6.10 Å². The Labute approximate surface area is 236 Å². The molecule has 3 aromatic rings. The number of methoxy groups -OCH3 is 1. The van der Waals surface area contributed by atoms with Gasteiger partial charge < -0.3 is 20.5 Å². The molecule has 0 bridgehead atoms. The lowest BCUT2D eigenvalue weighted by Gasteiger charge is -2.16. The molecular weight excluding hydrogens is 510 g/mol. The van der Waals surface area contributed by atoms with Gasteiger partial charge in [0.05, 0.1) is 19.1 Å². The topological polar surface area (TPSA) is 137 Å². The quantitative estimate of drug-likeness (QED) is 0.191. The first-order valence-corrected chi connectivity index (χ1v) is 13.2. The lowest BCUT2D eigenvalue weighted by molar-refractivity contribution is -0.135. The van der Waals surface area contributed by atoms with E-state index in [0.717, 1.165) is 27.8 Å². The minimum Gasteiger partial charge on any atom is -0.386 e.